The summed E-state index contributed by atoms with van der Waals surface area (Å²) >= 11 is 0. The van der Waals surface area contributed by atoms with E-state index in [2.05, 4.69) is 34.6 Å². The van der Waals surface area contributed by atoms with E-state index < -0.39 is 13.1 Å². The first-order valence-corrected chi connectivity index (χ1v) is 7.36. The maximum atomic E-state index is 10.5. The summed E-state index contributed by atoms with van der Waals surface area (Å²) in [5, 5.41) is 0. The molecule has 0 aromatic heterocycles. The van der Waals surface area contributed by atoms with Gasteiger partial charge in [-0.05, 0) is 34.6 Å². The largest absolute Gasteiger partial charge is 0.583 e. The molecular formula is C13H26BF6NO. The lowest BCUT2D eigenvalue weighted by Crippen LogP contribution is -2.59. The van der Waals surface area contributed by atoms with E-state index in [1.807, 2.05) is 0 Å². The number of hydrogen-bond acceptors (Lipinski definition) is 1. The predicted molar refractivity (Wildman–Crippen MR) is 75.2 cm³/mol. The fourth-order valence-electron chi connectivity index (χ4n) is 2.23. The molecule has 0 radical (unpaired) electrons. The van der Waals surface area contributed by atoms with E-state index in [4.69, 9.17) is 4.74 Å². The third-order valence-electron chi connectivity index (χ3n) is 3.87. The van der Waals surface area contributed by atoms with E-state index >= 15 is 0 Å². The van der Waals surface area contributed by atoms with Crippen LogP contribution in [-0.2, 0) is 4.74 Å². The lowest BCUT2D eigenvalue weighted by atomic mass is 9.92. The second kappa shape index (κ2) is 7.42. The lowest BCUT2D eigenvalue weighted by molar-refractivity contribution is -0.977. The Kier molecular flexibility index (Phi) is 7.28. The Labute approximate surface area is 128 Å². The zero-order valence-corrected chi connectivity index (χ0v) is 13.8. The molecule has 0 spiro atoms. The molecule has 2 nitrogen and oxygen atoms in total. The van der Waals surface area contributed by atoms with E-state index in [0.717, 1.165) is 11.2 Å². The van der Waals surface area contributed by atoms with Gasteiger partial charge in [-0.25, -0.2) is 13.2 Å². The molecule has 1 heterocycles. The van der Waals surface area contributed by atoms with Crippen LogP contribution >= 0.6 is 0 Å². The Balaban J connectivity index is 0.000000472. The molecule has 0 unspecified atom stereocenters. The summed E-state index contributed by atoms with van der Waals surface area (Å²) in [5.74, 6) is 0. The molecule has 0 aromatic carbocycles. The first kappa shape index (κ1) is 21.6. The molecule has 1 saturated heterocycles. The molecule has 0 bridgehead atoms. The van der Waals surface area contributed by atoms with E-state index in [-0.39, 0.29) is 0 Å². The molecule has 1 fully saturated rings. The first-order chi connectivity index (χ1) is 9.62. The molecule has 0 saturated carbocycles. The van der Waals surface area contributed by atoms with Crippen molar-refractivity contribution in [1.29, 1.82) is 0 Å². The molecule has 22 heavy (non-hydrogen) atoms. The second-order valence-corrected chi connectivity index (χ2v) is 6.93. The highest BCUT2D eigenvalue weighted by molar-refractivity contribution is 6.60. The first-order valence-electron chi connectivity index (χ1n) is 7.36. The number of nitrogens with zero attached hydrogens (tertiary/aromatic N) is 1. The minimum atomic E-state index is -6.65. The van der Waals surface area contributed by atoms with Crippen LogP contribution in [-0.4, -0.2) is 49.0 Å². The highest BCUT2D eigenvalue weighted by atomic mass is 19.4. The van der Waals surface area contributed by atoms with Crippen molar-refractivity contribution < 1.29 is 35.3 Å². The van der Waals surface area contributed by atoms with Crippen LogP contribution in [0.5, 0.6) is 0 Å². The van der Waals surface area contributed by atoms with Gasteiger partial charge in [-0.15, -0.1) is 0 Å². The van der Waals surface area contributed by atoms with Crippen LogP contribution in [0.25, 0.3) is 0 Å². The van der Waals surface area contributed by atoms with Gasteiger partial charge in [-0.3, -0.25) is 4.48 Å². The van der Waals surface area contributed by atoms with Crippen molar-refractivity contribution in [1.82, 2.24) is 0 Å². The van der Waals surface area contributed by atoms with Gasteiger partial charge < -0.3 is 17.7 Å². The molecule has 0 amide bonds. The van der Waals surface area contributed by atoms with Crippen molar-refractivity contribution >= 4 is 6.98 Å². The van der Waals surface area contributed by atoms with Crippen molar-refractivity contribution in [2.45, 2.75) is 65.2 Å². The van der Waals surface area contributed by atoms with Crippen molar-refractivity contribution in [2.24, 2.45) is 0 Å². The normalized spacial score (nSPS) is 19.1. The third kappa shape index (κ3) is 6.36. The molecule has 1 rings (SSSR count). The number of halogens is 6. The van der Waals surface area contributed by atoms with Crippen LogP contribution in [0.15, 0.2) is 0 Å². The smallest absolute Gasteiger partial charge is 0.443 e. The van der Waals surface area contributed by atoms with Crippen molar-refractivity contribution in [3.63, 3.8) is 0 Å². The second-order valence-electron chi connectivity index (χ2n) is 6.93. The Morgan fingerprint density at radius 3 is 1.59 bits per heavy atom. The predicted octanol–water partition coefficient (Wildman–Crippen LogP) is 4.71. The van der Waals surface area contributed by atoms with Crippen LogP contribution in [0, 0.1) is 0 Å². The minimum absolute atomic E-state index is 0.325. The summed E-state index contributed by atoms with van der Waals surface area (Å²) in [6.07, 6.45) is -2.93. The van der Waals surface area contributed by atoms with Gasteiger partial charge in [-0.1, -0.05) is 0 Å². The van der Waals surface area contributed by atoms with E-state index in [9.17, 15) is 26.1 Å². The van der Waals surface area contributed by atoms with Crippen LogP contribution in [0.2, 0.25) is 0 Å². The summed E-state index contributed by atoms with van der Waals surface area (Å²) in [6, 6.07) is 0. The van der Waals surface area contributed by atoms with Gasteiger partial charge in [0, 0.05) is 12.8 Å². The Morgan fingerprint density at radius 1 is 1.00 bits per heavy atom. The van der Waals surface area contributed by atoms with Crippen LogP contribution in [0.3, 0.4) is 0 Å². The SMILES string of the molecule is CC(C)OC[N+]1(C(C)(C)C)CCCC1.F[B-](F)(F)C(F)(F)F. The lowest BCUT2D eigenvalue weighted by Gasteiger charge is -2.45. The van der Waals surface area contributed by atoms with Gasteiger partial charge in [-0.2, -0.15) is 0 Å². The topological polar surface area (TPSA) is 9.23 Å². The standard InChI is InChI=1S/C12H26NO.CBF6/c1-11(2)14-10-13(12(3,4)5)8-6-7-9-13;3-1(4,5)2(6,7)8/h11H,6-10H2,1-5H3;/q+1;-1. The van der Waals surface area contributed by atoms with E-state index in [1.54, 1.807) is 0 Å². The van der Waals surface area contributed by atoms with Crippen molar-refractivity contribution in [3.8, 4) is 0 Å². The fourth-order valence-corrected chi connectivity index (χ4v) is 2.23. The maximum Gasteiger partial charge on any atom is 0.583 e. The molecule has 1 aliphatic rings. The van der Waals surface area contributed by atoms with Gasteiger partial charge in [0.25, 0.3) is 0 Å². The molecular weight excluding hydrogens is 311 g/mol. The van der Waals surface area contributed by atoms with Gasteiger partial charge >= 0.3 is 13.1 Å². The third-order valence-corrected chi connectivity index (χ3v) is 3.87. The van der Waals surface area contributed by atoms with Crippen molar-refractivity contribution in [3.05, 3.63) is 0 Å². The van der Waals surface area contributed by atoms with Gasteiger partial charge in [0.1, 0.15) is 0 Å². The molecule has 0 aliphatic carbocycles. The summed E-state index contributed by atoms with van der Waals surface area (Å²) < 4.78 is 69.9. The quantitative estimate of drug-likeness (QED) is 0.412. The molecule has 0 N–H and O–H groups in total. The zero-order chi connectivity index (χ0) is 17.8. The molecule has 134 valence electrons. The van der Waals surface area contributed by atoms with Gasteiger partial charge in [0.05, 0.1) is 24.7 Å². The number of alkyl halides is 3. The Bertz CT molecular complexity index is 317. The number of hydrogen-bond donors (Lipinski definition) is 0. The number of likely N-dealkylation sites (tertiary alicyclic amines) is 1. The highest BCUT2D eigenvalue weighted by Gasteiger charge is 2.53. The fraction of sp³-hybridized carbons (Fsp3) is 1.00. The van der Waals surface area contributed by atoms with Crippen LogP contribution in [0.4, 0.5) is 26.1 Å². The average molecular weight is 337 g/mol. The summed E-state index contributed by atoms with van der Waals surface area (Å²) in [6.45, 7) is 8.07. The van der Waals surface area contributed by atoms with Crippen LogP contribution in [0.1, 0.15) is 47.5 Å². The minimum Gasteiger partial charge on any atom is -0.443 e. The molecule has 0 aromatic rings. The summed E-state index contributed by atoms with van der Waals surface area (Å²) in [4.78, 5) is 0. The van der Waals surface area contributed by atoms with Crippen LogP contribution < -0.4 is 0 Å². The average Bonchev–Trinajstić information content (AvgIpc) is 2.73. The van der Waals surface area contributed by atoms with Crippen molar-refractivity contribution in [2.75, 3.05) is 19.8 Å². The highest BCUT2D eigenvalue weighted by Crippen LogP contribution is 2.32. The zero-order valence-electron chi connectivity index (χ0n) is 13.8. The monoisotopic (exact) mass is 337 g/mol. The molecule has 0 atom stereocenters. The van der Waals surface area contributed by atoms with Gasteiger partial charge in [0.15, 0.2) is 6.73 Å². The van der Waals surface area contributed by atoms with Gasteiger partial charge in [0.2, 0.25) is 0 Å². The van der Waals surface area contributed by atoms with E-state index in [0.29, 0.717) is 11.6 Å². The Morgan fingerprint density at radius 2 is 1.36 bits per heavy atom. The molecule has 1 aliphatic heterocycles. The van der Waals surface area contributed by atoms with E-state index in [1.165, 1.54) is 25.9 Å². The molecule has 9 heteroatoms. The number of quaternary nitrogens is 1. The summed E-state index contributed by atoms with van der Waals surface area (Å²) in [7, 11) is 0. The number of ether oxygens (including phenoxy) is 1. The Hall–Kier alpha value is -0.435. The maximum absolute atomic E-state index is 10.5. The summed E-state index contributed by atoms with van der Waals surface area (Å²) in [5.41, 5.74) is 0.325. The number of rotatable bonds is 3.